The lowest BCUT2D eigenvalue weighted by Crippen LogP contribution is -2.16. The van der Waals surface area contributed by atoms with Crippen molar-refractivity contribution in [3.8, 4) is 0 Å². The smallest absolute Gasteiger partial charge is 0.338 e. The average molecular weight is 360 g/mol. The number of hydrogen-bond acceptors (Lipinski definition) is 4. The molecule has 0 aliphatic carbocycles. The zero-order valence-electron chi connectivity index (χ0n) is 11.7. The second kappa shape index (κ2) is 8.32. The summed E-state index contributed by atoms with van der Waals surface area (Å²) in [5, 5.41) is 3.22. The molecular formula is C14H18BrNO3S. The molecule has 0 fully saturated rings. The summed E-state index contributed by atoms with van der Waals surface area (Å²) in [5.74, 6) is -0.0290. The van der Waals surface area contributed by atoms with Crippen LogP contribution in [0.15, 0.2) is 22.7 Å². The molecule has 0 atom stereocenters. The molecule has 0 aliphatic heterocycles. The van der Waals surface area contributed by atoms with Crippen molar-refractivity contribution in [3.63, 3.8) is 0 Å². The summed E-state index contributed by atoms with van der Waals surface area (Å²) in [6.07, 6.45) is 0. The fraction of sp³-hybridized carbons (Fsp3) is 0.429. The minimum Gasteiger partial charge on any atom is -0.462 e. The van der Waals surface area contributed by atoms with Crippen LogP contribution in [0.3, 0.4) is 0 Å². The van der Waals surface area contributed by atoms with Crippen LogP contribution in [0.5, 0.6) is 0 Å². The van der Waals surface area contributed by atoms with Crippen molar-refractivity contribution in [3.05, 3.63) is 28.2 Å². The topological polar surface area (TPSA) is 55.4 Å². The second-order valence-corrected chi connectivity index (χ2v) is 6.74. The number of esters is 1. The van der Waals surface area contributed by atoms with Gasteiger partial charge in [-0.1, -0.05) is 13.8 Å². The van der Waals surface area contributed by atoms with Crippen molar-refractivity contribution in [1.82, 2.24) is 0 Å². The zero-order chi connectivity index (χ0) is 15.1. The Kier molecular flexibility index (Phi) is 7.09. The molecule has 0 aliphatic rings. The molecule has 1 amide bonds. The van der Waals surface area contributed by atoms with Crippen molar-refractivity contribution >= 4 is 45.3 Å². The third-order valence-corrected chi connectivity index (χ3v) is 4.05. The summed E-state index contributed by atoms with van der Waals surface area (Å²) >= 11 is 4.92. The van der Waals surface area contributed by atoms with Crippen LogP contribution in [0.25, 0.3) is 0 Å². The molecule has 0 heterocycles. The highest BCUT2D eigenvalue weighted by atomic mass is 79.9. The Morgan fingerprint density at radius 3 is 2.65 bits per heavy atom. The lowest BCUT2D eigenvalue weighted by atomic mass is 10.2. The normalized spacial score (nSPS) is 10.4. The number of benzene rings is 1. The third-order valence-electron chi connectivity index (χ3n) is 2.30. The largest absolute Gasteiger partial charge is 0.462 e. The van der Waals surface area contributed by atoms with Crippen molar-refractivity contribution in [2.24, 2.45) is 0 Å². The molecule has 1 aromatic rings. The average Bonchev–Trinajstić information content (AvgIpc) is 2.39. The predicted molar refractivity (Wildman–Crippen MR) is 86.3 cm³/mol. The van der Waals surface area contributed by atoms with Crippen LogP contribution < -0.4 is 5.32 Å². The van der Waals surface area contributed by atoms with Crippen LogP contribution >= 0.6 is 27.7 Å². The van der Waals surface area contributed by atoms with Gasteiger partial charge in [-0.3, -0.25) is 4.79 Å². The van der Waals surface area contributed by atoms with Gasteiger partial charge in [-0.05, 0) is 46.3 Å². The van der Waals surface area contributed by atoms with Crippen molar-refractivity contribution in [1.29, 1.82) is 0 Å². The van der Waals surface area contributed by atoms with Crippen LogP contribution in [0.2, 0.25) is 0 Å². The zero-order valence-corrected chi connectivity index (χ0v) is 14.1. The Morgan fingerprint density at radius 2 is 2.10 bits per heavy atom. The number of hydrogen-bond donors (Lipinski definition) is 1. The minimum absolute atomic E-state index is 0.0618. The van der Waals surface area contributed by atoms with E-state index in [0.29, 0.717) is 33.3 Å². The van der Waals surface area contributed by atoms with Crippen LogP contribution in [-0.4, -0.2) is 29.5 Å². The molecule has 0 saturated carbocycles. The number of anilines is 1. The van der Waals surface area contributed by atoms with Crippen LogP contribution in [0.4, 0.5) is 5.69 Å². The van der Waals surface area contributed by atoms with E-state index < -0.39 is 0 Å². The molecule has 20 heavy (non-hydrogen) atoms. The first-order valence-corrected chi connectivity index (χ1v) is 8.16. The lowest BCUT2D eigenvalue weighted by molar-refractivity contribution is -0.113. The van der Waals surface area contributed by atoms with Crippen molar-refractivity contribution in [2.75, 3.05) is 17.7 Å². The van der Waals surface area contributed by atoms with Crippen molar-refractivity contribution < 1.29 is 14.3 Å². The fourth-order valence-corrected chi connectivity index (χ4v) is 2.42. The van der Waals surface area contributed by atoms with Crippen LogP contribution in [-0.2, 0) is 9.53 Å². The van der Waals surface area contributed by atoms with Gasteiger partial charge in [0.1, 0.15) is 0 Å². The number of carbonyl (C=O) groups excluding carboxylic acids is 2. The number of amides is 1. The van der Waals surface area contributed by atoms with E-state index in [1.54, 1.807) is 36.9 Å². The quantitative estimate of drug-likeness (QED) is 0.786. The molecule has 110 valence electrons. The first-order chi connectivity index (χ1) is 9.43. The van der Waals surface area contributed by atoms with Gasteiger partial charge in [-0.2, -0.15) is 0 Å². The highest BCUT2D eigenvalue weighted by Crippen LogP contribution is 2.24. The van der Waals surface area contributed by atoms with Gasteiger partial charge in [0.2, 0.25) is 5.91 Å². The first kappa shape index (κ1) is 17.0. The predicted octanol–water partition coefficient (Wildman–Crippen LogP) is 3.71. The Labute approximate surface area is 131 Å². The number of halogens is 1. The Balaban J connectivity index is 2.68. The van der Waals surface area contributed by atoms with Gasteiger partial charge >= 0.3 is 5.97 Å². The molecular weight excluding hydrogens is 342 g/mol. The van der Waals surface area contributed by atoms with Gasteiger partial charge in [0.15, 0.2) is 0 Å². The summed E-state index contributed by atoms with van der Waals surface area (Å²) in [4.78, 5) is 23.3. The molecule has 1 aromatic carbocycles. The van der Waals surface area contributed by atoms with E-state index in [0.717, 1.165) is 0 Å². The molecule has 0 bridgehead atoms. The van der Waals surface area contributed by atoms with Crippen LogP contribution in [0, 0.1) is 0 Å². The summed E-state index contributed by atoms with van der Waals surface area (Å²) < 4.78 is 5.58. The molecule has 0 unspecified atom stereocenters. The number of rotatable bonds is 6. The Morgan fingerprint density at radius 1 is 1.40 bits per heavy atom. The molecule has 0 radical (unpaired) electrons. The van der Waals surface area contributed by atoms with E-state index >= 15 is 0 Å². The van der Waals surface area contributed by atoms with Gasteiger partial charge in [-0.25, -0.2) is 4.79 Å². The molecule has 1 N–H and O–H groups in total. The van der Waals surface area contributed by atoms with Gasteiger partial charge < -0.3 is 10.1 Å². The summed E-state index contributed by atoms with van der Waals surface area (Å²) in [6.45, 7) is 6.18. The molecule has 1 rings (SSSR count). The number of carbonyl (C=O) groups is 2. The third kappa shape index (κ3) is 5.54. The van der Waals surface area contributed by atoms with Crippen LogP contribution in [0.1, 0.15) is 31.1 Å². The Hall–Kier alpha value is -1.01. The van der Waals surface area contributed by atoms with E-state index in [4.69, 9.17) is 4.74 Å². The monoisotopic (exact) mass is 359 g/mol. The van der Waals surface area contributed by atoms with E-state index in [2.05, 4.69) is 21.2 Å². The van der Waals surface area contributed by atoms with Gasteiger partial charge in [0, 0.05) is 4.47 Å². The second-order valence-electron chi connectivity index (χ2n) is 4.32. The van der Waals surface area contributed by atoms with Gasteiger partial charge in [0.25, 0.3) is 0 Å². The number of thioether (sulfide) groups is 1. The summed E-state index contributed by atoms with van der Waals surface area (Å²) in [6, 6.07) is 4.96. The molecule has 4 nitrogen and oxygen atoms in total. The van der Waals surface area contributed by atoms with E-state index in [1.807, 2.05) is 13.8 Å². The van der Waals surface area contributed by atoms with E-state index in [9.17, 15) is 9.59 Å². The highest BCUT2D eigenvalue weighted by molar-refractivity contribution is 9.10. The first-order valence-electron chi connectivity index (χ1n) is 6.32. The van der Waals surface area contributed by atoms with Crippen molar-refractivity contribution in [2.45, 2.75) is 26.0 Å². The SMILES string of the molecule is CCOC(=O)c1ccc(NC(=O)CSC(C)C)c(Br)c1. The maximum Gasteiger partial charge on any atom is 0.338 e. The maximum absolute atomic E-state index is 11.7. The highest BCUT2D eigenvalue weighted by Gasteiger charge is 2.11. The van der Waals surface area contributed by atoms with E-state index in [1.165, 1.54) is 0 Å². The fourth-order valence-electron chi connectivity index (χ4n) is 1.39. The minimum atomic E-state index is -0.374. The van der Waals surface area contributed by atoms with Gasteiger partial charge in [-0.15, -0.1) is 11.8 Å². The Bertz CT molecular complexity index is 491. The standard InChI is InChI=1S/C14H18BrNO3S/c1-4-19-14(18)10-5-6-12(11(15)7-10)16-13(17)8-20-9(2)3/h5-7,9H,4,8H2,1-3H3,(H,16,17). The molecule has 6 heteroatoms. The molecule has 0 aromatic heterocycles. The number of ether oxygens (including phenoxy) is 1. The summed E-state index contributed by atoms with van der Waals surface area (Å²) in [7, 11) is 0. The molecule has 0 spiro atoms. The van der Waals surface area contributed by atoms with Gasteiger partial charge in [0.05, 0.1) is 23.6 Å². The molecule has 0 saturated heterocycles. The lowest BCUT2D eigenvalue weighted by Gasteiger charge is -2.10. The van der Waals surface area contributed by atoms with E-state index in [-0.39, 0.29) is 11.9 Å². The maximum atomic E-state index is 11.7. The summed E-state index contributed by atoms with van der Waals surface area (Å²) in [5.41, 5.74) is 1.10. The number of nitrogens with one attached hydrogen (secondary N) is 1.